The number of ether oxygens (including phenoxy) is 1. The van der Waals surface area contributed by atoms with Crippen molar-refractivity contribution < 1.29 is 37.3 Å². The van der Waals surface area contributed by atoms with Crippen LogP contribution in [0.5, 0.6) is 0 Å². The number of anilines is 3. The SMILES string of the molecule is CC(C)O.COC(=O)Nc1ccc2c(c1)N(C(=O)CCN1CCN3CCCC3C1)c1ccccc1CC2.O.[Cl-]. The molecule has 0 aliphatic carbocycles. The highest BCUT2D eigenvalue weighted by Crippen LogP contribution is 2.38. The van der Waals surface area contributed by atoms with Gasteiger partial charge in [0.2, 0.25) is 5.91 Å². The molecule has 0 spiro atoms. The van der Waals surface area contributed by atoms with Crippen LogP contribution in [-0.4, -0.2) is 84.4 Å². The summed E-state index contributed by atoms with van der Waals surface area (Å²) in [5, 5.41) is 10.8. The summed E-state index contributed by atoms with van der Waals surface area (Å²) in [4.78, 5) is 32.4. The van der Waals surface area contributed by atoms with Gasteiger partial charge in [0.1, 0.15) is 0 Å². The van der Waals surface area contributed by atoms with Crippen LogP contribution >= 0.6 is 0 Å². The number of hydrogen-bond donors (Lipinski definition) is 2. The van der Waals surface area contributed by atoms with E-state index in [1.54, 1.807) is 13.8 Å². The molecule has 4 N–H and O–H groups in total. The maximum Gasteiger partial charge on any atom is 0.411 e. The minimum absolute atomic E-state index is 0. The van der Waals surface area contributed by atoms with Gasteiger partial charge in [-0.1, -0.05) is 24.3 Å². The molecule has 216 valence electrons. The number of aliphatic hydroxyl groups excluding tert-OH is 1. The fraction of sp³-hybridized carbons (Fsp3) is 0.517. The first-order valence-electron chi connectivity index (χ1n) is 13.4. The Morgan fingerprint density at radius 3 is 2.46 bits per heavy atom. The zero-order valence-corrected chi connectivity index (χ0v) is 23.9. The number of nitrogens with one attached hydrogen (secondary N) is 1. The standard InChI is InChI=1S/C26H32N4O3.C3H8O.ClH.H2O/c1-33-26(32)27-21-11-10-20-9-8-19-5-2-3-7-23(19)30(24(20)17-21)25(31)12-14-28-15-16-29-13-4-6-22(29)18-28;1-3(2)4;;/h2-3,5,7,10-11,17,22H,4,6,8-9,12-16,18H2,1H3,(H,27,32);3-4H,1-2H3;1H;1H2/p-1. The zero-order chi connectivity index (χ0) is 26.4. The second-order valence-electron chi connectivity index (χ2n) is 10.3. The zero-order valence-electron chi connectivity index (χ0n) is 23.2. The summed E-state index contributed by atoms with van der Waals surface area (Å²) in [5.74, 6) is 0.0923. The normalized spacial score (nSPS) is 18.2. The number of aliphatic hydroxyl groups is 1. The maximum atomic E-state index is 13.7. The molecular formula is C29H42ClN4O5-. The van der Waals surface area contributed by atoms with Crippen molar-refractivity contribution in [1.82, 2.24) is 9.80 Å². The fourth-order valence-corrected chi connectivity index (χ4v) is 5.46. The van der Waals surface area contributed by atoms with Crippen molar-refractivity contribution in [1.29, 1.82) is 0 Å². The summed E-state index contributed by atoms with van der Waals surface area (Å²) in [6.07, 6.45) is 4.06. The van der Waals surface area contributed by atoms with E-state index in [9.17, 15) is 9.59 Å². The molecule has 2 aromatic rings. The second-order valence-corrected chi connectivity index (χ2v) is 10.3. The van der Waals surface area contributed by atoms with Crippen LogP contribution in [0.2, 0.25) is 0 Å². The number of carbonyl (C=O) groups is 2. The molecule has 1 unspecified atom stereocenters. The van der Waals surface area contributed by atoms with Gasteiger partial charge < -0.3 is 27.7 Å². The van der Waals surface area contributed by atoms with Gasteiger partial charge in [-0.2, -0.15) is 0 Å². The Balaban J connectivity index is 0.000000834. The van der Waals surface area contributed by atoms with Crippen molar-refractivity contribution >= 4 is 29.1 Å². The molecule has 10 heteroatoms. The van der Waals surface area contributed by atoms with Crippen molar-refractivity contribution in [3.8, 4) is 0 Å². The van der Waals surface area contributed by atoms with Crippen LogP contribution in [0.15, 0.2) is 42.5 Å². The van der Waals surface area contributed by atoms with E-state index < -0.39 is 6.09 Å². The quantitative estimate of drug-likeness (QED) is 0.557. The topological polar surface area (TPSA) is 117 Å². The van der Waals surface area contributed by atoms with E-state index in [-0.39, 0.29) is 29.9 Å². The summed E-state index contributed by atoms with van der Waals surface area (Å²) >= 11 is 0. The minimum atomic E-state index is -0.520. The monoisotopic (exact) mass is 561 g/mol. The number of nitrogens with zero attached hydrogens (tertiary/aromatic N) is 3. The van der Waals surface area contributed by atoms with E-state index in [2.05, 4.69) is 21.2 Å². The molecule has 39 heavy (non-hydrogen) atoms. The molecule has 0 aromatic heterocycles. The first-order chi connectivity index (χ1) is 17.9. The summed E-state index contributed by atoms with van der Waals surface area (Å²) in [5.41, 5.74) is 4.69. The van der Waals surface area contributed by atoms with Crippen molar-refractivity contribution in [2.75, 3.05) is 50.1 Å². The van der Waals surface area contributed by atoms with Crippen LogP contribution in [0.25, 0.3) is 0 Å². The van der Waals surface area contributed by atoms with Crippen LogP contribution in [0.4, 0.5) is 21.9 Å². The Hall–Kier alpha value is -2.69. The molecule has 2 aromatic carbocycles. The molecule has 3 aliphatic heterocycles. The van der Waals surface area contributed by atoms with Gasteiger partial charge in [-0.3, -0.25) is 24.8 Å². The molecule has 2 fully saturated rings. The lowest BCUT2D eigenvalue weighted by atomic mass is 10.0. The number of piperazine rings is 1. The Bertz CT molecular complexity index is 1100. The van der Waals surface area contributed by atoms with Gasteiger partial charge >= 0.3 is 6.09 Å². The lowest BCUT2D eigenvalue weighted by Crippen LogP contribution is -3.00. The fourth-order valence-electron chi connectivity index (χ4n) is 5.46. The number of fused-ring (bicyclic) bond motifs is 3. The number of carbonyl (C=O) groups excluding carboxylic acids is 2. The Morgan fingerprint density at radius 1 is 1.05 bits per heavy atom. The van der Waals surface area contributed by atoms with Crippen molar-refractivity contribution in [3.63, 3.8) is 0 Å². The molecule has 2 saturated heterocycles. The summed E-state index contributed by atoms with van der Waals surface area (Å²) in [6, 6.07) is 14.6. The Morgan fingerprint density at radius 2 is 1.74 bits per heavy atom. The molecule has 2 amide bonds. The van der Waals surface area contributed by atoms with E-state index in [1.807, 2.05) is 41.3 Å². The number of rotatable bonds is 4. The minimum Gasteiger partial charge on any atom is -1.00 e. The summed E-state index contributed by atoms with van der Waals surface area (Å²) < 4.78 is 4.75. The average Bonchev–Trinajstić information content (AvgIpc) is 3.28. The van der Waals surface area contributed by atoms with E-state index in [4.69, 9.17) is 9.84 Å². The molecule has 1 atom stereocenters. The largest absolute Gasteiger partial charge is 1.00 e. The van der Waals surface area contributed by atoms with E-state index in [0.717, 1.165) is 56.0 Å². The predicted molar refractivity (Wildman–Crippen MR) is 150 cm³/mol. The number of hydrogen-bond acceptors (Lipinski definition) is 6. The maximum absolute atomic E-state index is 13.7. The molecule has 5 rings (SSSR count). The van der Waals surface area contributed by atoms with Crippen LogP contribution < -0.4 is 22.6 Å². The van der Waals surface area contributed by atoms with Crippen LogP contribution in [-0.2, 0) is 22.4 Å². The van der Waals surface area contributed by atoms with Gasteiger partial charge in [-0.15, -0.1) is 0 Å². The third kappa shape index (κ3) is 8.40. The molecule has 9 nitrogen and oxygen atoms in total. The lowest BCUT2D eigenvalue weighted by Gasteiger charge is -2.37. The van der Waals surface area contributed by atoms with Gasteiger partial charge in [0.05, 0.1) is 18.5 Å². The third-order valence-corrected chi connectivity index (χ3v) is 7.22. The smallest absolute Gasteiger partial charge is 0.411 e. The number of aryl methyl sites for hydroxylation is 2. The van der Waals surface area contributed by atoms with Gasteiger partial charge in [0, 0.05) is 50.4 Å². The molecule has 0 radical (unpaired) electrons. The molecular weight excluding hydrogens is 520 g/mol. The van der Waals surface area contributed by atoms with Crippen LogP contribution in [0.1, 0.15) is 44.2 Å². The van der Waals surface area contributed by atoms with Crippen LogP contribution in [0, 0.1) is 0 Å². The van der Waals surface area contributed by atoms with Gasteiger partial charge in [-0.05, 0) is 75.4 Å². The highest BCUT2D eigenvalue weighted by atomic mass is 35.5. The number of methoxy groups -OCH3 is 1. The van der Waals surface area contributed by atoms with Gasteiger partial charge in [0.15, 0.2) is 0 Å². The number of amides is 2. The number of benzene rings is 2. The van der Waals surface area contributed by atoms with E-state index in [1.165, 1.54) is 32.1 Å². The summed E-state index contributed by atoms with van der Waals surface area (Å²) in [7, 11) is 1.34. The van der Waals surface area contributed by atoms with E-state index >= 15 is 0 Å². The predicted octanol–water partition coefficient (Wildman–Crippen LogP) is 0.365. The Kier molecular flexibility index (Phi) is 12.7. The van der Waals surface area contributed by atoms with Crippen LogP contribution in [0.3, 0.4) is 0 Å². The van der Waals surface area contributed by atoms with Gasteiger partial charge in [-0.25, -0.2) is 4.79 Å². The first-order valence-corrected chi connectivity index (χ1v) is 13.4. The number of para-hydroxylation sites is 1. The Labute approximate surface area is 237 Å². The molecule has 3 heterocycles. The third-order valence-electron chi connectivity index (χ3n) is 7.22. The van der Waals surface area contributed by atoms with Crippen molar-refractivity contribution in [2.45, 2.75) is 58.1 Å². The first kappa shape index (κ1) is 32.5. The molecule has 0 bridgehead atoms. The highest BCUT2D eigenvalue weighted by Gasteiger charge is 2.31. The molecule has 3 aliphatic rings. The average molecular weight is 562 g/mol. The summed E-state index contributed by atoms with van der Waals surface area (Å²) in [6.45, 7) is 8.65. The molecule has 0 saturated carbocycles. The van der Waals surface area contributed by atoms with E-state index in [0.29, 0.717) is 18.2 Å². The number of halogens is 1. The lowest BCUT2D eigenvalue weighted by molar-refractivity contribution is -0.118. The van der Waals surface area contributed by atoms with Gasteiger partial charge in [0.25, 0.3) is 0 Å². The van der Waals surface area contributed by atoms with Crippen molar-refractivity contribution in [2.24, 2.45) is 0 Å². The highest BCUT2D eigenvalue weighted by molar-refractivity contribution is 6.03. The van der Waals surface area contributed by atoms with Crippen molar-refractivity contribution in [3.05, 3.63) is 53.6 Å². The second kappa shape index (κ2) is 15.2.